The minimum atomic E-state index is -1.23. The van der Waals surface area contributed by atoms with Crippen LogP contribution in [0.15, 0.2) is 46.9 Å². The van der Waals surface area contributed by atoms with Gasteiger partial charge in [-0.25, -0.2) is 9.69 Å². The van der Waals surface area contributed by atoms with E-state index in [0.717, 1.165) is 14.9 Å². The Morgan fingerprint density at radius 3 is 2.38 bits per heavy atom. The number of fused-ring (bicyclic) bond motifs is 1. The van der Waals surface area contributed by atoms with E-state index in [1.54, 1.807) is 6.92 Å². The molecule has 0 aromatic heterocycles. The van der Waals surface area contributed by atoms with Crippen LogP contribution in [0.3, 0.4) is 0 Å². The van der Waals surface area contributed by atoms with Gasteiger partial charge in [-0.1, -0.05) is 51.3 Å². The van der Waals surface area contributed by atoms with Crippen molar-refractivity contribution in [2.24, 2.45) is 0 Å². The fourth-order valence-electron chi connectivity index (χ4n) is 4.87. The number of rotatable bonds is 3. The van der Waals surface area contributed by atoms with Gasteiger partial charge < -0.3 is 15.0 Å². The van der Waals surface area contributed by atoms with Crippen molar-refractivity contribution in [3.8, 4) is 0 Å². The molecule has 0 unspecified atom stereocenters. The van der Waals surface area contributed by atoms with Gasteiger partial charge in [-0.05, 0) is 42.8 Å². The number of halogens is 3. The number of ether oxygens (including phenoxy) is 1. The van der Waals surface area contributed by atoms with Crippen molar-refractivity contribution in [1.82, 2.24) is 10.2 Å². The maximum Gasteiger partial charge on any atom is 0.332 e. The Labute approximate surface area is 202 Å². The van der Waals surface area contributed by atoms with Gasteiger partial charge in [-0.15, -0.1) is 0 Å². The summed E-state index contributed by atoms with van der Waals surface area (Å²) in [6, 6.07) is 11.7. The number of imide groups is 1. The van der Waals surface area contributed by atoms with Crippen molar-refractivity contribution in [1.29, 1.82) is 0 Å². The van der Waals surface area contributed by atoms with Crippen molar-refractivity contribution in [2.75, 3.05) is 11.4 Å². The van der Waals surface area contributed by atoms with Crippen molar-refractivity contribution >= 4 is 62.7 Å². The molecule has 3 aliphatic rings. The highest BCUT2D eigenvalue weighted by Gasteiger charge is 2.68. The van der Waals surface area contributed by atoms with Crippen molar-refractivity contribution in [3.63, 3.8) is 0 Å². The lowest BCUT2D eigenvalue weighted by Gasteiger charge is -2.28. The summed E-state index contributed by atoms with van der Waals surface area (Å²) < 4.78 is 6.85. The lowest BCUT2D eigenvalue weighted by molar-refractivity contribution is -0.124. The van der Waals surface area contributed by atoms with Crippen LogP contribution in [0.2, 0.25) is 10.0 Å². The zero-order valence-corrected chi connectivity index (χ0v) is 20.0. The smallest absolute Gasteiger partial charge is 0.332 e. The fourth-order valence-corrected chi connectivity index (χ4v) is 5.65. The normalized spacial score (nSPS) is 29.2. The second kappa shape index (κ2) is 7.45. The Balaban J connectivity index is 1.59. The first-order valence-corrected chi connectivity index (χ1v) is 11.5. The Bertz CT molecular complexity index is 1140. The minimum Gasteiger partial charge on any atom is -0.341 e. The Morgan fingerprint density at radius 2 is 1.78 bits per heavy atom. The Morgan fingerprint density at radius 1 is 1.12 bits per heavy atom. The number of carbonyl (C=O) groups excluding carboxylic acids is 3. The van der Waals surface area contributed by atoms with E-state index in [2.05, 4.69) is 21.2 Å². The summed E-state index contributed by atoms with van der Waals surface area (Å²) in [5.41, 5.74) is -1.15. The summed E-state index contributed by atoms with van der Waals surface area (Å²) in [6.45, 7) is 1.72. The third kappa shape index (κ3) is 3.32. The SMILES string of the molecule is C[C@H]1O[C@]2(CN3C(=O)N(c4cc(Cl)cc(Cl)c4)C(=O)[C@]3(Cc3ccc(Br)cc3)C2)NC1=O. The summed E-state index contributed by atoms with van der Waals surface area (Å²) in [5, 5.41) is 3.50. The third-order valence-electron chi connectivity index (χ3n) is 6.17. The van der Waals surface area contributed by atoms with Gasteiger partial charge in [0.25, 0.3) is 11.8 Å². The van der Waals surface area contributed by atoms with Crippen LogP contribution in [0.5, 0.6) is 0 Å². The number of carbonyl (C=O) groups is 3. The van der Waals surface area contributed by atoms with Crippen LogP contribution < -0.4 is 10.2 Å². The molecule has 3 saturated heterocycles. The number of hydrogen-bond acceptors (Lipinski definition) is 4. The molecule has 5 rings (SSSR count). The molecule has 2 aromatic rings. The summed E-state index contributed by atoms with van der Waals surface area (Å²) in [5.74, 6) is -0.665. The molecule has 10 heteroatoms. The predicted octanol–water partition coefficient (Wildman–Crippen LogP) is 4.14. The quantitative estimate of drug-likeness (QED) is 0.596. The second-order valence-electron chi connectivity index (χ2n) is 8.39. The predicted molar refractivity (Wildman–Crippen MR) is 123 cm³/mol. The van der Waals surface area contributed by atoms with Gasteiger partial charge in [-0.2, -0.15) is 0 Å². The van der Waals surface area contributed by atoms with Crippen LogP contribution >= 0.6 is 39.1 Å². The number of anilines is 1. The van der Waals surface area contributed by atoms with Gasteiger partial charge >= 0.3 is 6.03 Å². The lowest BCUT2D eigenvalue weighted by atomic mass is 9.86. The van der Waals surface area contributed by atoms with Crippen LogP contribution in [0, 0.1) is 0 Å². The molecule has 166 valence electrons. The van der Waals surface area contributed by atoms with E-state index >= 15 is 0 Å². The molecule has 3 atom stereocenters. The van der Waals surface area contributed by atoms with E-state index in [1.165, 1.54) is 23.1 Å². The van der Waals surface area contributed by atoms with Gasteiger partial charge in [0.1, 0.15) is 11.6 Å². The molecule has 1 spiro atoms. The van der Waals surface area contributed by atoms with E-state index in [1.807, 2.05) is 24.3 Å². The molecule has 0 saturated carbocycles. The first-order chi connectivity index (χ1) is 15.1. The molecular formula is C22H18BrCl2N3O4. The van der Waals surface area contributed by atoms with Crippen LogP contribution in [-0.2, 0) is 20.7 Å². The van der Waals surface area contributed by atoms with E-state index in [9.17, 15) is 14.4 Å². The molecule has 0 aliphatic carbocycles. The zero-order valence-electron chi connectivity index (χ0n) is 16.9. The van der Waals surface area contributed by atoms with Gasteiger partial charge in [-0.3, -0.25) is 9.59 Å². The zero-order chi connectivity index (χ0) is 22.8. The van der Waals surface area contributed by atoms with Crippen molar-refractivity contribution in [3.05, 3.63) is 62.5 Å². The maximum absolute atomic E-state index is 13.9. The monoisotopic (exact) mass is 537 g/mol. The van der Waals surface area contributed by atoms with Crippen molar-refractivity contribution in [2.45, 2.75) is 37.1 Å². The lowest BCUT2D eigenvalue weighted by Crippen LogP contribution is -2.49. The highest BCUT2D eigenvalue weighted by molar-refractivity contribution is 9.10. The summed E-state index contributed by atoms with van der Waals surface area (Å²) >= 11 is 15.7. The number of nitrogens with zero attached hydrogens (tertiary/aromatic N) is 2. The largest absolute Gasteiger partial charge is 0.341 e. The molecule has 7 nitrogen and oxygen atoms in total. The van der Waals surface area contributed by atoms with E-state index in [-0.39, 0.29) is 25.3 Å². The molecule has 32 heavy (non-hydrogen) atoms. The summed E-state index contributed by atoms with van der Waals surface area (Å²) in [4.78, 5) is 42.3. The van der Waals surface area contributed by atoms with Gasteiger partial charge in [0, 0.05) is 27.4 Å². The summed E-state index contributed by atoms with van der Waals surface area (Å²) in [7, 11) is 0. The Hall–Kier alpha value is -2.13. The first kappa shape index (κ1) is 21.7. The van der Waals surface area contributed by atoms with Gasteiger partial charge in [0.15, 0.2) is 5.72 Å². The van der Waals surface area contributed by atoms with Gasteiger partial charge in [0.05, 0.1) is 12.2 Å². The van der Waals surface area contributed by atoms with Crippen LogP contribution in [0.25, 0.3) is 0 Å². The molecule has 4 amide bonds. The van der Waals surface area contributed by atoms with Crippen LogP contribution in [0.1, 0.15) is 18.9 Å². The standard InChI is InChI=1S/C22H18BrCl2N3O4/c1-12-18(29)26-22(32-12)10-21(9-13-2-4-14(23)5-3-13)19(30)28(20(31)27(21)11-22)17-7-15(24)6-16(25)8-17/h2-8,12H,9-11H2,1H3,(H,26,29)/t12-,21+,22-/m1/s1. The van der Waals surface area contributed by atoms with E-state index in [0.29, 0.717) is 15.7 Å². The van der Waals surface area contributed by atoms with Crippen LogP contribution in [0.4, 0.5) is 10.5 Å². The second-order valence-corrected chi connectivity index (χ2v) is 10.2. The Kier molecular flexibility index (Phi) is 5.05. The molecule has 1 N–H and O–H groups in total. The first-order valence-electron chi connectivity index (χ1n) is 9.99. The fraction of sp³-hybridized carbons (Fsp3) is 0.318. The molecule has 3 heterocycles. The number of amides is 4. The highest BCUT2D eigenvalue weighted by Crippen LogP contribution is 2.48. The maximum atomic E-state index is 13.9. The molecule has 0 bridgehead atoms. The summed E-state index contributed by atoms with van der Waals surface area (Å²) in [6.07, 6.45) is -0.250. The average Bonchev–Trinajstić information content (AvgIpc) is 3.24. The third-order valence-corrected chi connectivity index (χ3v) is 7.13. The average molecular weight is 539 g/mol. The number of hydrogen-bond donors (Lipinski definition) is 1. The topological polar surface area (TPSA) is 79.0 Å². The molecule has 3 fully saturated rings. The molecule has 2 aromatic carbocycles. The van der Waals surface area contributed by atoms with Crippen LogP contribution in [-0.4, -0.2) is 46.7 Å². The van der Waals surface area contributed by atoms with Gasteiger partial charge in [0.2, 0.25) is 0 Å². The number of benzene rings is 2. The molecule has 0 radical (unpaired) electrons. The van der Waals surface area contributed by atoms with E-state index < -0.39 is 29.3 Å². The molecule has 3 aliphatic heterocycles. The number of nitrogens with one attached hydrogen (secondary N) is 1. The molecular weight excluding hydrogens is 521 g/mol. The van der Waals surface area contributed by atoms with Crippen molar-refractivity contribution < 1.29 is 19.1 Å². The van der Waals surface area contributed by atoms with E-state index in [4.69, 9.17) is 27.9 Å². The highest BCUT2D eigenvalue weighted by atomic mass is 79.9. The number of urea groups is 1. The minimum absolute atomic E-state index is 0.0645.